The van der Waals surface area contributed by atoms with Crippen LogP contribution in [0.4, 0.5) is 13.2 Å². The minimum atomic E-state index is -4.48. The molecule has 0 aromatic rings. The molecule has 0 N–H and O–H groups in total. The minimum absolute atomic E-state index is 0.0120. The normalized spacial score (nSPS) is 21.7. The molecule has 2 rings (SSSR count). The molecule has 2 aliphatic carbocycles. The zero-order chi connectivity index (χ0) is 21.7. The maximum Gasteiger partial charge on any atom is 0.456 e. The number of halogens is 6. The fourth-order valence-electron chi connectivity index (χ4n) is 2.76. The second kappa shape index (κ2) is 8.02. The smallest absolute Gasteiger partial charge is 0.157 e. The summed E-state index contributed by atoms with van der Waals surface area (Å²) in [6, 6.07) is 0. The van der Waals surface area contributed by atoms with Gasteiger partial charge in [0.1, 0.15) is 4.83 Å². The molecule has 0 aliphatic heterocycles. The Morgan fingerprint density at radius 3 is 1.93 bits per heavy atom. The summed E-state index contributed by atoms with van der Waals surface area (Å²) < 4.78 is 42.3. The molecule has 0 nitrogen and oxygen atoms in total. The molecule has 0 aromatic heterocycles. The highest BCUT2D eigenvalue weighted by atomic mass is 79.9. The Morgan fingerprint density at radius 2 is 1.50 bits per heavy atom. The number of hydrogen-bond donors (Lipinski definition) is 0. The molecule has 1 atom stereocenters. The molecule has 0 spiro atoms. The highest BCUT2D eigenvalue weighted by Crippen LogP contribution is 2.46. The summed E-state index contributed by atoms with van der Waals surface area (Å²) in [6.07, 6.45) is 2.46. The van der Waals surface area contributed by atoms with Gasteiger partial charge in [0.2, 0.25) is 0 Å². The van der Waals surface area contributed by atoms with Gasteiger partial charge in [0.15, 0.2) is 11.1 Å². The van der Waals surface area contributed by atoms with Gasteiger partial charge in [-0.25, -0.2) is 0 Å². The summed E-state index contributed by atoms with van der Waals surface area (Å²) in [5.74, 6) is 0. The molecule has 28 heavy (non-hydrogen) atoms. The first-order valence-corrected chi connectivity index (χ1v) is 11.3. The van der Waals surface area contributed by atoms with E-state index in [1.54, 1.807) is 6.08 Å². The lowest BCUT2D eigenvalue weighted by Gasteiger charge is -2.26. The van der Waals surface area contributed by atoms with Gasteiger partial charge in [-0.15, -0.1) is 0 Å². The molecule has 0 aromatic carbocycles. The topological polar surface area (TPSA) is 0 Å². The Balaban J connectivity index is 2.68. The second-order valence-corrected chi connectivity index (χ2v) is 11.6. The van der Waals surface area contributed by atoms with Crippen molar-refractivity contribution in [3.8, 4) is 0 Å². The van der Waals surface area contributed by atoms with Gasteiger partial charge >= 0.3 is 6.18 Å². The van der Waals surface area contributed by atoms with Gasteiger partial charge in [0.05, 0.1) is 10.4 Å². The van der Waals surface area contributed by atoms with E-state index >= 15 is 0 Å². The van der Waals surface area contributed by atoms with Gasteiger partial charge in [-0.1, -0.05) is 42.8 Å². The molecule has 6 heteroatoms. The van der Waals surface area contributed by atoms with Gasteiger partial charge in [-0.05, 0) is 53.8 Å². The van der Waals surface area contributed by atoms with Gasteiger partial charge in [-0.3, -0.25) is 0 Å². The van der Waals surface area contributed by atoms with Crippen LogP contribution >= 0.6 is 47.8 Å². The summed E-state index contributed by atoms with van der Waals surface area (Å²) >= 11 is 10.5. The maximum atomic E-state index is 13.8. The van der Waals surface area contributed by atoms with Crippen LogP contribution < -0.4 is 0 Å². The molecule has 0 saturated heterocycles. The zero-order valence-corrected chi connectivity index (χ0v) is 21.4. The third-order valence-electron chi connectivity index (χ3n) is 4.53. The average Bonchev–Trinajstić information content (AvgIpc) is 2.48. The van der Waals surface area contributed by atoms with E-state index in [0.717, 1.165) is 10.1 Å². The number of alkyl halides is 4. The first kappa shape index (κ1) is 23.9. The van der Waals surface area contributed by atoms with Crippen molar-refractivity contribution in [1.82, 2.24) is 0 Å². The van der Waals surface area contributed by atoms with E-state index in [1.165, 1.54) is 6.08 Å². The molecule has 0 fully saturated rings. The van der Waals surface area contributed by atoms with E-state index in [-0.39, 0.29) is 15.8 Å². The van der Waals surface area contributed by atoms with E-state index in [0.29, 0.717) is 16.0 Å². The Kier molecular flexibility index (Phi) is 6.83. The Hall–Kier alpha value is -0.420. The van der Waals surface area contributed by atoms with Gasteiger partial charge in [-0.2, -0.15) is 13.2 Å². The quantitative estimate of drug-likeness (QED) is 0.152. The van der Waals surface area contributed by atoms with Gasteiger partial charge in [0, 0.05) is 49.3 Å². The predicted molar refractivity (Wildman–Crippen MR) is 122 cm³/mol. The standard InChI is InChI=1S/C22H23Br3F3/c1-20(2,3)12-7-16(22(26,27)28)14(17(23)8-12)11-15-18(24)9-13(10-19(15)25)21(4,5)6/h7-10,18H,1-6H3/q+1. The number of rotatable bonds is 0. The highest BCUT2D eigenvalue weighted by Gasteiger charge is 2.47. The van der Waals surface area contributed by atoms with Crippen LogP contribution in [0.2, 0.25) is 0 Å². The summed E-state index contributed by atoms with van der Waals surface area (Å²) in [5, 5.41) is 0. The van der Waals surface area contributed by atoms with Crippen molar-refractivity contribution in [3.05, 3.63) is 67.2 Å². The Morgan fingerprint density at radius 1 is 0.964 bits per heavy atom. The van der Waals surface area contributed by atoms with E-state index < -0.39 is 17.2 Å². The Bertz CT molecular complexity index is 847. The first-order chi connectivity index (χ1) is 12.5. The third-order valence-corrected chi connectivity index (χ3v) is 6.53. The van der Waals surface area contributed by atoms with Gasteiger partial charge < -0.3 is 0 Å². The summed E-state index contributed by atoms with van der Waals surface area (Å²) in [7, 11) is 0. The highest BCUT2D eigenvalue weighted by molar-refractivity contribution is 9.12. The lowest BCUT2D eigenvalue weighted by Crippen LogP contribution is -2.21. The lowest BCUT2D eigenvalue weighted by atomic mass is 9.80. The van der Waals surface area contributed by atoms with Crippen LogP contribution in [0.25, 0.3) is 0 Å². The van der Waals surface area contributed by atoms with Crippen molar-refractivity contribution in [2.24, 2.45) is 10.8 Å². The first-order valence-electron chi connectivity index (χ1n) is 8.81. The van der Waals surface area contributed by atoms with E-state index in [2.05, 4.69) is 74.3 Å². The zero-order valence-electron chi connectivity index (χ0n) is 16.7. The van der Waals surface area contributed by atoms with Crippen molar-refractivity contribution in [2.75, 3.05) is 0 Å². The monoisotopic (exact) mass is 581 g/mol. The van der Waals surface area contributed by atoms with Crippen LogP contribution in [0.1, 0.15) is 41.5 Å². The predicted octanol–water partition coefficient (Wildman–Crippen LogP) is 8.87. The summed E-state index contributed by atoms with van der Waals surface area (Å²) in [6.45, 7) is 12.0. The fraction of sp³-hybridized carbons (Fsp3) is 0.455. The molecule has 0 saturated carbocycles. The maximum absolute atomic E-state index is 13.8. The van der Waals surface area contributed by atoms with E-state index in [1.807, 2.05) is 32.9 Å². The molecule has 0 radical (unpaired) electrons. The lowest BCUT2D eigenvalue weighted by molar-refractivity contribution is -0.0893. The second-order valence-electron chi connectivity index (χ2n) is 8.93. The summed E-state index contributed by atoms with van der Waals surface area (Å²) in [4.78, 5) is 0.140. The number of hydrogen-bond acceptors (Lipinski definition) is 0. The molecule has 0 bridgehead atoms. The SMILES string of the molecule is CC(C)(C)C1=C[C+](Br)C(=C=C2C(Br)=CC(C(C)(C)C)=CC2Br)C(C(F)(F)F)=C1. The van der Waals surface area contributed by atoms with Crippen LogP contribution in [-0.2, 0) is 0 Å². The summed E-state index contributed by atoms with van der Waals surface area (Å²) in [5.41, 5.74) is 4.22. The van der Waals surface area contributed by atoms with Crippen LogP contribution in [0.15, 0.2) is 62.4 Å². The van der Waals surface area contributed by atoms with Crippen molar-refractivity contribution in [3.63, 3.8) is 0 Å². The third kappa shape index (κ3) is 5.38. The molecule has 2 aliphatic rings. The molecule has 1 unspecified atom stereocenters. The van der Waals surface area contributed by atoms with Crippen LogP contribution in [-0.4, -0.2) is 11.0 Å². The molecular weight excluding hydrogens is 561 g/mol. The molecule has 0 amide bonds. The molecule has 152 valence electrons. The minimum Gasteiger partial charge on any atom is -0.157 e. The number of allylic oxidation sites excluding steroid dienone is 9. The van der Waals surface area contributed by atoms with Crippen molar-refractivity contribution < 1.29 is 13.2 Å². The fourth-order valence-corrected chi connectivity index (χ4v) is 4.86. The van der Waals surface area contributed by atoms with Gasteiger partial charge in [0.25, 0.3) is 0 Å². The van der Waals surface area contributed by atoms with Crippen molar-refractivity contribution >= 4 is 47.8 Å². The van der Waals surface area contributed by atoms with Crippen molar-refractivity contribution in [1.29, 1.82) is 0 Å². The van der Waals surface area contributed by atoms with E-state index in [4.69, 9.17) is 0 Å². The largest absolute Gasteiger partial charge is 0.456 e. The molecule has 0 heterocycles. The van der Waals surface area contributed by atoms with E-state index in [9.17, 15) is 13.2 Å². The van der Waals surface area contributed by atoms with Crippen molar-refractivity contribution in [2.45, 2.75) is 52.5 Å². The van der Waals surface area contributed by atoms with Crippen LogP contribution in [0.5, 0.6) is 0 Å². The van der Waals surface area contributed by atoms with Crippen LogP contribution in [0.3, 0.4) is 0 Å². The van der Waals surface area contributed by atoms with Crippen LogP contribution in [0, 0.1) is 15.7 Å². The molecular formula is C22H23Br3F3+. The average molecular weight is 584 g/mol. The Labute approximate surface area is 190 Å².